The van der Waals surface area contributed by atoms with Crippen LogP contribution in [0.1, 0.15) is 65.4 Å². The number of methoxy groups -OCH3 is 6. The Morgan fingerprint density at radius 2 is 0.908 bits per heavy atom. The van der Waals surface area contributed by atoms with Crippen molar-refractivity contribution in [2.75, 3.05) is 55.7 Å². The van der Waals surface area contributed by atoms with Crippen molar-refractivity contribution in [2.45, 2.75) is 68.1 Å². The summed E-state index contributed by atoms with van der Waals surface area (Å²) in [6, 6.07) is 25.2. The molecule has 4 aliphatic heterocycles. The van der Waals surface area contributed by atoms with Crippen LogP contribution in [0.2, 0.25) is 0 Å². The minimum Gasteiger partial charge on any atom is -0.565 e. The Hall–Kier alpha value is -6.62. The van der Waals surface area contributed by atoms with Crippen LogP contribution in [0.3, 0.4) is 0 Å². The maximum absolute atomic E-state index is 13.7. The van der Waals surface area contributed by atoms with Crippen LogP contribution in [-0.4, -0.2) is 87.6 Å². The first kappa shape index (κ1) is 57.1. The lowest BCUT2D eigenvalue weighted by Gasteiger charge is -2.42. The molecule has 18 nitrogen and oxygen atoms in total. The van der Waals surface area contributed by atoms with Crippen molar-refractivity contribution in [2.24, 2.45) is 0 Å². The zero-order valence-corrected chi connectivity index (χ0v) is 44.1. The SMILES string of the molecule is C.COc1cc2c(cc1OC)C1Cc3ccc(OC)c(OS(=O)(=O)c4cccc(F)c4)c3CN1CC2.COc1cc2c(cc1OC)C1Cc3ccc(OC)c(OS(=O)(=O)c4cccc(F)c4)c3CN1CC2.O=[P+]([O-])OO.[HH]. The van der Waals surface area contributed by atoms with E-state index in [0.717, 1.165) is 60.3 Å². The first-order valence-corrected chi connectivity index (χ1v) is 27.1. The van der Waals surface area contributed by atoms with E-state index in [1.165, 1.54) is 72.9 Å². The molecular weight excluding hydrogens is 1050 g/mol. The number of hydrogen-bond acceptors (Lipinski definition) is 18. The van der Waals surface area contributed by atoms with E-state index in [1.807, 2.05) is 36.4 Å². The molecule has 23 heteroatoms. The fraction of sp³-hybridized carbons (Fsp3) is 0.321. The largest absolute Gasteiger partial charge is 0.565 e. The zero-order valence-electron chi connectivity index (χ0n) is 41.5. The molecule has 0 radical (unpaired) electrons. The van der Waals surface area contributed by atoms with Gasteiger partial charge in [0.05, 0.1) is 42.7 Å². The topological polar surface area (TPSA) is 218 Å². The molecular formula is C53H59F2N2O16PS2. The van der Waals surface area contributed by atoms with Crippen LogP contribution in [0, 0.1) is 11.6 Å². The molecule has 0 aromatic heterocycles. The monoisotopic (exact) mass is 1110 g/mol. The number of nitrogens with zero attached hydrogens (tertiary/aromatic N) is 2. The summed E-state index contributed by atoms with van der Waals surface area (Å²) in [6.45, 7) is 2.55. The molecule has 0 amide bonds. The second kappa shape index (κ2) is 24.2. The Balaban J connectivity index is 0.000000224. The summed E-state index contributed by atoms with van der Waals surface area (Å²) < 4.78 is 135. The predicted molar refractivity (Wildman–Crippen MR) is 275 cm³/mol. The van der Waals surface area contributed by atoms with E-state index in [-0.39, 0.29) is 42.2 Å². The summed E-state index contributed by atoms with van der Waals surface area (Å²) in [5, 5.41) is 7.05. The third-order valence-corrected chi connectivity index (χ3v) is 16.0. The van der Waals surface area contributed by atoms with Crippen LogP contribution in [-0.2, 0) is 68.2 Å². The summed E-state index contributed by atoms with van der Waals surface area (Å²) in [6.07, 6.45) is 2.98. The minimum absolute atomic E-state index is 0. The molecule has 1 N–H and O–H groups in total. The highest BCUT2D eigenvalue weighted by atomic mass is 32.2. The van der Waals surface area contributed by atoms with Crippen LogP contribution < -0.4 is 41.7 Å². The average Bonchev–Trinajstić information content (AvgIpc) is 3.41. The summed E-state index contributed by atoms with van der Waals surface area (Å²) in [5.74, 6) is 2.38. The van der Waals surface area contributed by atoms with Crippen molar-refractivity contribution in [1.82, 2.24) is 9.80 Å². The molecule has 0 aliphatic carbocycles. The highest BCUT2D eigenvalue weighted by molar-refractivity contribution is 7.87. The van der Waals surface area contributed by atoms with Crippen LogP contribution in [0.15, 0.2) is 107 Å². The van der Waals surface area contributed by atoms with Gasteiger partial charge in [0.1, 0.15) is 21.4 Å². The van der Waals surface area contributed by atoms with Crippen molar-refractivity contribution in [3.05, 3.63) is 153 Å². The summed E-state index contributed by atoms with van der Waals surface area (Å²) in [4.78, 5) is 13.0. The van der Waals surface area contributed by atoms with Gasteiger partial charge in [0.15, 0.2) is 46.0 Å². The van der Waals surface area contributed by atoms with Gasteiger partial charge in [0.25, 0.3) is 0 Å². The molecule has 76 heavy (non-hydrogen) atoms. The van der Waals surface area contributed by atoms with Gasteiger partial charge in [-0.25, -0.2) is 14.0 Å². The highest BCUT2D eigenvalue weighted by Crippen LogP contribution is 2.48. The highest BCUT2D eigenvalue weighted by Gasteiger charge is 2.38. The van der Waals surface area contributed by atoms with Gasteiger partial charge in [-0.05, 0) is 136 Å². The molecule has 4 heterocycles. The van der Waals surface area contributed by atoms with E-state index in [0.29, 0.717) is 60.4 Å². The maximum Gasteiger partial charge on any atom is 0.521 e. The lowest BCUT2D eigenvalue weighted by molar-refractivity contribution is -0.244. The maximum atomic E-state index is 13.7. The lowest BCUT2D eigenvalue weighted by atomic mass is 9.83. The summed E-state index contributed by atoms with van der Waals surface area (Å²) in [7, 11) is -2.15. The van der Waals surface area contributed by atoms with E-state index in [9.17, 15) is 25.6 Å². The number of fused-ring (bicyclic) bond motifs is 8. The fourth-order valence-corrected chi connectivity index (χ4v) is 11.9. The van der Waals surface area contributed by atoms with Crippen LogP contribution in [0.25, 0.3) is 0 Å². The quantitative estimate of drug-likeness (QED) is 0.0494. The molecule has 6 aromatic carbocycles. The molecule has 0 saturated carbocycles. The van der Waals surface area contributed by atoms with Gasteiger partial charge < -0.3 is 41.7 Å². The Morgan fingerprint density at radius 3 is 1.24 bits per heavy atom. The number of halogens is 2. The first-order valence-electron chi connectivity index (χ1n) is 23.2. The number of benzene rings is 6. The predicted octanol–water partition coefficient (Wildman–Crippen LogP) is 8.93. The molecule has 0 spiro atoms. The molecule has 0 saturated heterocycles. The van der Waals surface area contributed by atoms with E-state index < -0.39 is 40.1 Å². The van der Waals surface area contributed by atoms with Crippen molar-refractivity contribution < 1.29 is 83.2 Å². The van der Waals surface area contributed by atoms with Gasteiger partial charge in [-0.3, -0.25) is 9.80 Å². The van der Waals surface area contributed by atoms with E-state index in [2.05, 4.69) is 14.5 Å². The molecule has 3 unspecified atom stereocenters. The van der Waals surface area contributed by atoms with Crippen LogP contribution in [0.4, 0.5) is 8.78 Å². The Morgan fingerprint density at radius 1 is 0.553 bits per heavy atom. The van der Waals surface area contributed by atoms with Gasteiger partial charge in [-0.1, -0.05) is 31.7 Å². The Labute approximate surface area is 442 Å². The van der Waals surface area contributed by atoms with Gasteiger partial charge in [0, 0.05) is 55.5 Å². The van der Waals surface area contributed by atoms with E-state index >= 15 is 0 Å². The van der Waals surface area contributed by atoms with Crippen LogP contribution in [0.5, 0.6) is 46.0 Å². The molecule has 0 bridgehead atoms. The van der Waals surface area contributed by atoms with Gasteiger partial charge in [0.2, 0.25) is 0 Å². The zero-order chi connectivity index (χ0) is 53.8. The molecule has 0 fully saturated rings. The van der Waals surface area contributed by atoms with E-state index in [4.69, 9.17) is 51.5 Å². The van der Waals surface area contributed by atoms with Crippen molar-refractivity contribution in [3.63, 3.8) is 0 Å². The van der Waals surface area contributed by atoms with Gasteiger partial charge in [-0.15, -0.1) is 0 Å². The number of ether oxygens (including phenoxy) is 6. The minimum atomic E-state index is -4.27. The normalized spacial score (nSPS) is 16.5. The number of hydrogen-bond donors (Lipinski definition) is 1. The molecule has 408 valence electrons. The molecule has 10 rings (SSSR count). The Kier molecular flexibility index (Phi) is 18.1. The average molecular weight is 1110 g/mol. The number of rotatable bonds is 13. The summed E-state index contributed by atoms with van der Waals surface area (Å²) >= 11 is 0. The first-order chi connectivity index (χ1) is 35.9. The van der Waals surface area contributed by atoms with Crippen LogP contribution >= 0.6 is 8.25 Å². The van der Waals surface area contributed by atoms with Crippen molar-refractivity contribution >= 4 is 28.5 Å². The summed E-state index contributed by atoms with van der Waals surface area (Å²) in [5.41, 5.74) is 8.22. The van der Waals surface area contributed by atoms with Crippen molar-refractivity contribution in [3.8, 4) is 46.0 Å². The smallest absolute Gasteiger partial charge is 0.521 e. The molecule has 6 aromatic rings. The van der Waals surface area contributed by atoms with Crippen molar-refractivity contribution in [1.29, 1.82) is 0 Å². The Bertz CT molecular complexity index is 3140. The fourth-order valence-electron chi connectivity index (χ4n) is 9.93. The molecule has 4 aliphatic rings. The lowest BCUT2D eigenvalue weighted by Crippen LogP contribution is -2.39. The third-order valence-electron chi connectivity index (χ3n) is 13.5. The second-order valence-electron chi connectivity index (χ2n) is 17.5. The molecule has 3 atom stereocenters. The van der Waals surface area contributed by atoms with E-state index in [1.54, 1.807) is 40.6 Å². The standard InChI is InChI=1S/2C26H26FNO6S.CH4.HO4P.H2/c2*1-31-23-8-7-16-11-22-20-14-25(33-3)24(32-2)12-17(20)9-10-28(22)15-21(16)26(23)34-35(29,30)19-6-4-5-18(27)13-19;;1-4-5(2)3;/h2*4-8,12-14,22H,9-11,15H2,1-3H3;1H4;1H;1H. The van der Waals surface area contributed by atoms with Gasteiger partial charge >= 0.3 is 28.5 Å². The second-order valence-corrected chi connectivity index (χ2v) is 21.2. The van der Waals surface area contributed by atoms with Gasteiger partial charge in [-0.2, -0.15) is 16.8 Å². The third kappa shape index (κ3) is 12.0.